The van der Waals surface area contributed by atoms with Crippen molar-refractivity contribution in [1.29, 1.82) is 0 Å². The second-order valence-electron chi connectivity index (χ2n) is 6.68. The molecule has 8 heteroatoms. The maximum Gasteiger partial charge on any atom is 0.231 e. The van der Waals surface area contributed by atoms with Crippen molar-refractivity contribution < 1.29 is 14.3 Å². The van der Waals surface area contributed by atoms with E-state index in [-0.39, 0.29) is 18.9 Å². The number of fused-ring (bicyclic) bond motifs is 1. The van der Waals surface area contributed by atoms with Gasteiger partial charge in [0.2, 0.25) is 5.91 Å². The lowest BCUT2D eigenvalue weighted by Crippen LogP contribution is -2.15. The first-order valence-electron chi connectivity index (χ1n) is 8.54. The molecule has 1 fully saturated rings. The van der Waals surface area contributed by atoms with Gasteiger partial charge in [0.1, 0.15) is 17.8 Å². The average molecular weight is 367 g/mol. The maximum atomic E-state index is 13.0. The Balaban J connectivity index is 1.74. The molecule has 138 valence electrons. The first kappa shape index (κ1) is 17.3. The van der Waals surface area contributed by atoms with Gasteiger partial charge < -0.3 is 16.2 Å². The van der Waals surface area contributed by atoms with Crippen molar-refractivity contribution in [3.05, 3.63) is 41.9 Å². The molecule has 4 rings (SSSR count). The van der Waals surface area contributed by atoms with Crippen molar-refractivity contribution in [2.24, 2.45) is 5.92 Å². The van der Waals surface area contributed by atoms with Crippen LogP contribution in [0.5, 0.6) is 0 Å². The highest BCUT2D eigenvalue weighted by Crippen LogP contribution is 2.35. The average Bonchev–Trinajstić information content (AvgIpc) is 3.38. The minimum Gasteiger partial charge on any atom is -0.390 e. The number of carbonyl (C=O) groups is 1. The molecule has 0 aromatic carbocycles. The summed E-state index contributed by atoms with van der Waals surface area (Å²) in [7, 11) is 0. The number of aromatic nitrogens is 3. The van der Waals surface area contributed by atoms with E-state index in [0.717, 1.165) is 16.5 Å². The highest BCUT2D eigenvalue weighted by atomic mass is 19.1. The fourth-order valence-corrected chi connectivity index (χ4v) is 2.96. The molecule has 0 bridgehead atoms. The predicted molar refractivity (Wildman–Crippen MR) is 99.5 cm³/mol. The van der Waals surface area contributed by atoms with Gasteiger partial charge in [0.15, 0.2) is 0 Å². The molecular formula is C19H18FN5O2. The summed E-state index contributed by atoms with van der Waals surface area (Å²) in [5.74, 6) is -0.308. The molecule has 0 radical (unpaired) electrons. The number of carbonyl (C=O) groups excluding carboxylic acids is 1. The second-order valence-corrected chi connectivity index (χ2v) is 6.68. The van der Waals surface area contributed by atoms with Crippen LogP contribution in [-0.2, 0) is 11.4 Å². The molecule has 0 saturated heterocycles. The molecule has 1 aliphatic carbocycles. The van der Waals surface area contributed by atoms with Gasteiger partial charge in [-0.1, -0.05) is 0 Å². The quantitative estimate of drug-likeness (QED) is 0.652. The summed E-state index contributed by atoms with van der Waals surface area (Å²) in [6.07, 6.45) is 2.40. The van der Waals surface area contributed by atoms with Crippen molar-refractivity contribution in [2.45, 2.75) is 26.1 Å². The molecule has 0 unspecified atom stereocenters. The van der Waals surface area contributed by atoms with Crippen molar-refractivity contribution in [1.82, 2.24) is 15.0 Å². The number of nitrogens with zero attached hydrogens (tertiary/aromatic N) is 3. The molecule has 1 amide bonds. The molecule has 0 aliphatic heterocycles. The number of anilines is 2. The standard InChI is InChI=1S/C19H18FN5O2/c1-9-6-22-11(8-26)4-12(9)16-2-10-3-17(23-7-14(10)18(21)24-16)25-19(27)13-5-15(13)20/h2-4,6-7,13,15,26H,5,8H2,1H3,(H2,21,24)(H,23,25,27)/t13-,15+/m0/s1. The second kappa shape index (κ2) is 6.55. The van der Waals surface area contributed by atoms with Crippen LogP contribution in [0.3, 0.4) is 0 Å². The van der Waals surface area contributed by atoms with Crippen LogP contribution in [0.1, 0.15) is 17.7 Å². The minimum atomic E-state index is -1.06. The van der Waals surface area contributed by atoms with Crippen LogP contribution >= 0.6 is 0 Å². The van der Waals surface area contributed by atoms with Crippen LogP contribution in [0.4, 0.5) is 16.0 Å². The molecule has 3 aromatic heterocycles. The third-order valence-corrected chi connectivity index (χ3v) is 4.64. The van der Waals surface area contributed by atoms with Gasteiger partial charge in [0.05, 0.1) is 23.9 Å². The summed E-state index contributed by atoms with van der Waals surface area (Å²) in [6, 6.07) is 5.29. The van der Waals surface area contributed by atoms with Gasteiger partial charge in [-0.25, -0.2) is 14.4 Å². The van der Waals surface area contributed by atoms with Gasteiger partial charge in [-0.05, 0) is 42.5 Å². The van der Waals surface area contributed by atoms with E-state index in [1.807, 2.05) is 13.0 Å². The van der Waals surface area contributed by atoms with Crippen molar-refractivity contribution in [2.75, 3.05) is 11.1 Å². The fraction of sp³-hybridized carbons (Fsp3) is 0.263. The minimum absolute atomic E-state index is 0.173. The Labute approximate surface area is 154 Å². The van der Waals surface area contributed by atoms with E-state index in [1.165, 1.54) is 6.20 Å². The molecule has 4 N–H and O–H groups in total. The Morgan fingerprint density at radius 3 is 2.81 bits per heavy atom. The molecule has 0 spiro atoms. The van der Waals surface area contributed by atoms with Crippen LogP contribution in [0, 0.1) is 12.8 Å². The first-order chi connectivity index (χ1) is 13.0. The van der Waals surface area contributed by atoms with Crippen molar-refractivity contribution in [3.8, 4) is 11.3 Å². The molecular weight excluding hydrogens is 349 g/mol. The van der Waals surface area contributed by atoms with Gasteiger partial charge >= 0.3 is 0 Å². The van der Waals surface area contributed by atoms with E-state index in [4.69, 9.17) is 5.73 Å². The number of rotatable bonds is 4. The summed E-state index contributed by atoms with van der Waals surface area (Å²) in [5.41, 5.74) is 8.95. The van der Waals surface area contributed by atoms with Crippen LogP contribution in [-0.4, -0.2) is 32.1 Å². The zero-order valence-corrected chi connectivity index (χ0v) is 14.6. The number of halogens is 1. The van der Waals surface area contributed by atoms with Gasteiger partial charge in [-0.2, -0.15) is 0 Å². The zero-order valence-electron chi connectivity index (χ0n) is 14.6. The number of hydrogen-bond acceptors (Lipinski definition) is 6. The molecule has 3 aromatic rings. The van der Waals surface area contributed by atoms with Gasteiger partial charge in [-0.15, -0.1) is 0 Å². The Morgan fingerprint density at radius 2 is 2.11 bits per heavy atom. The third kappa shape index (κ3) is 3.31. The highest BCUT2D eigenvalue weighted by molar-refractivity contribution is 5.98. The summed E-state index contributed by atoms with van der Waals surface area (Å²) in [5, 5.41) is 13.4. The Bertz CT molecular complexity index is 1060. The highest BCUT2D eigenvalue weighted by Gasteiger charge is 2.43. The molecule has 1 aliphatic rings. The number of pyridine rings is 3. The zero-order chi connectivity index (χ0) is 19.1. The van der Waals surface area contributed by atoms with Gasteiger partial charge in [0.25, 0.3) is 0 Å². The Morgan fingerprint density at radius 1 is 1.33 bits per heavy atom. The number of aliphatic hydroxyl groups is 1. The van der Waals surface area contributed by atoms with Crippen LogP contribution in [0.15, 0.2) is 30.6 Å². The summed E-state index contributed by atoms with van der Waals surface area (Å²) >= 11 is 0. The largest absolute Gasteiger partial charge is 0.390 e. The van der Waals surface area contributed by atoms with Gasteiger partial charge in [0, 0.05) is 23.3 Å². The molecule has 1 saturated carbocycles. The molecule has 3 heterocycles. The van der Waals surface area contributed by atoms with Crippen LogP contribution < -0.4 is 11.1 Å². The summed E-state index contributed by atoms with van der Waals surface area (Å²) < 4.78 is 13.0. The number of nitrogen functional groups attached to an aromatic ring is 1. The topological polar surface area (TPSA) is 114 Å². The lowest BCUT2D eigenvalue weighted by molar-refractivity contribution is -0.117. The molecule has 2 atom stereocenters. The molecule has 27 heavy (non-hydrogen) atoms. The Kier molecular flexibility index (Phi) is 4.19. The lowest BCUT2D eigenvalue weighted by atomic mass is 10.0. The van der Waals surface area contributed by atoms with Gasteiger partial charge in [-0.3, -0.25) is 9.78 Å². The maximum absolute atomic E-state index is 13.0. The number of nitrogens with one attached hydrogen (secondary N) is 1. The number of hydrogen-bond donors (Lipinski definition) is 3. The fourth-order valence-electron chi connectivity index (χ4n) is 2.96. The SMILES string of the molecule is Cc1cnc(CO)cc1-c1cc2cc(NC(=O)[C@H]3C[C@H]3F)ncc2c(N)n1. The molecule has 7 nitrogen and oxygen atoms in total. The summed E-state index contributed by atoms with van der Waals surface area (Å²) in [4.78, 5) is 24.7. The van der Waals surface area contributed by atoms with Crippen molar-refractivity contribution >= 4 is 28.3 Å². The number of alkyl halides is 1. The smallest absolute Gasteiger partial charge is 0.231 e. The summed E-state index contributed by atoms with van der Waals surface area (Å²) in [6.45, 7) is 1.72. The van der Waals surface area contributed by atoms with Crippen molar-refractivity contribution in [3.63, 3.8) is 0 Å². The predicted octanol–water partition coefficient (Wildman–Crippen LogP) is 2.37. The van der Waals surface area contributed by atoms with E-state index in [1.54, 1.807) is 18.3 Å². The van der Waals surface area contributed by atoms with Crippen LogP contribution in [0.2, 0.25) is 0 Å². The van der Waals surface area contributed by atoms with E-state index in [9.17, 15) is 14.3 Å². The van der Waals surface area contributed by atoms with E-state index in [0.29, 0.717) is 28.4 Å². The third-order valence-electron chi connectivity index (χ3n) is 4.64. The number of nitrogens with two attached hydrogens (primary N) is 1. The Hall–Kier alpha value is -3.13. The van der Waals surface area contributed by atoms with E-state index >= 15 is 0 Å². The normalized spacial score (nSPS) is 18.5. The van der Waals surface area contributed by atoms with E-state index in [2.05, 4.69) is 20.3 Å². The van der Waals surface area contributed by atoms with Crippen LogP contribution in [0.25, 0.3) is 22.0 Å². The number of aryl methyl sites for hydroxylation is 1. The van der Waals surface area contributed by atoms with E-state index < -0.39 is 12.1 Å². The number of aliphatic hydroxyl groups excluding tert-OH is 1. The first-order valence-corrected chi connectivity index (χ1v) is 8.54. The number of amides is 1. The lowest BCUT2D eigenvalue weighted by Gasteiger charge is -2.11. The monoisotopic (exact) mass is 367 g/mol.